The number of benzene rings is 1. The van der Waals surface area contributed by atoms with E-state index < -0.39 is 11.9 Å². The van der Waals surface area contributed by atoms with E-state index in [1.807, 2.05) is 31.2 Å². The predicted molar refractivity (Wildman–Crippen MR) is 95.1 cm³/mol. The minimum absolute atomic E-state index is 0.0810. The lowest BCUT2D eigenvalue weighted by Crippen LogP contribution is -2.11. The Morgan fingerprint density at radius 2 is 1.85 bits per heavy atom. The monoisotopic (exact) mass is 353 g/mol. The van der Waals surface area contributed by atoms with Gasteiger partial charge in [0.2, 0.25) is 0 Å². The van der Waals surface area contributed by atoms with Crippen molar-refractivity contribution in [2.24, 2.45) is 0 Å². The van der Waals surface area contributed by atoms with Crippen LogP contribution in [-0.2, 0) is 16.1 Å². The van der Waals surface area contributed by atoms with Gasteiger partial charge in [0.1, 0.15) is 23.7 Å². The van der Waals surface area contributed by atoms with Gasteiger partial charge in [0.05, 0.1) is 23.9 Å². The van der Waals surface area contributed by atoms with Gasteiger partial charge >= 0.3 is 11.9 Å². The maximum Gasteiger partial charge on any atom is 0.341 e. The molecule has 134 valence electrons. The lowest BCUT2D eigenvalue weighted by atomic mass is 10.0. The van der Waals surface area contributed by atoms with Crippen LogP contribution in [0.25, 0.3) is 10.9 Å². The number of methoxy groups -OCH3 is 1. The number of esters is 2. The van der Waals surface area contributed by atoms with Crippen LogP contribution >= 0.6 is 0 Å². The maximum atomic E-state index is 12.6. The molecule has 2 aromatic heterocycles. The van der Waals surface area contributed by atoms with E-state index in [9.17, 15) is 9.59 Å². The number of aryl methyl sites for hydroxylation is 3. The van der Waals surface area contributed by atoms with E-state index in [2.05, 4.69) is 9.72 Å². The number of nitrogens with zero attached hydrogens (tertiary/aromatic N) is 1. The Kier molecular flexibility index (Phi) is 4.75. The fourth-order valence-electron chi connectivity index (χ4n) is 2.97. The number of ether oxygens (including phenoxy) is 2. The van der Waals surface area contributed by atoms with Gasteiger partial charge in [-0.15, -0.1) is 0 Å². The summed E-state index contributed by atoms with van der Waals surface area (Å²) in [6.07, 6.45) is 0. The number of fused-ring (bicyclic) bond motifs is 1. The molecule has 0 aliphatic carbocycles. The van der Waals surface area contributed by atoms with E-state index in [0.717, 1.165) is 16.5 Å². The molecule has 0 fully saturated rings. The minimum atomic E-state index is -0.491. The summed E-state index contributed by atoms with van der Waals surface area (Å²) in [5, 5.41) is 0.909. The number of hydrogen-bond acceptors (Lipinski definition) is 6. The molecule has 0 N–H and O–H groups in total. The molecular weight excluding hydrogens is 334 g/mol. The molecule has 3 rings (SSSR count). The lowest BCUT2D eigenvalue weighted by molar-refractivity contribution is 0.0442. The van der Waals surface area contributed by atoms with Gasteiger partial charge in [-0.3, -0.25) is 4.98 Å². The normalized spacial score (nSPS) is 10.8. The Bertz CT molecular complexity index is 1000. The largest absolute Gasteiger partial charge is 0.465 e. The molecule has 0 atom stereocenters. The number of carbonyl (C=O) groups is 2. The first-order chi connectivity index (χ1) is 12.4. The Hall–Kier alpha value is -3.15. The first-order valence-electron chi connectivity index (χ1n) is 8.13. The van der Waals surface area contributed by atoms with Gasteiger partial charge in [-0.25, -0.2) is 9.59 Å². The number of hydrogen-bond donors (Lipinski definition) is 0. The van der Waals surface area contributed by atoms with E-state index in [1.165, 1.54) is 13.2 Å². The highest BCUT2D eigenvalue weighted by atomic mass is 16.5. The summed E-state index contributed by atoms with van der Waals surface area (Å²) in [4.78, 5) is 28.7. The average Bonchev–Trinajstić information content (AvgIpc) is 3.00. The quantitative estimate of drug-likeness (QED) is 0.662. The van der Waals surface area contributed by atoms with Crippen molar-refractivity contribution in [3.63, 3.8) is 0 Å². The Balaban J connectivity index is 1.83. The summed E-state index contributed by atoms with van der Waals surface area (Å²) < 4.78 is 15.5. The molecule has 1 aromatic carbocycles. The van der Waals surface area contributed by atoms with Crippen LogP contribution in [0.2, 0.25) is 0 Å². The highest BCUT2D eigenvalue weighted by molar-refractivity contribution is 5.98. The van der Waals surface area contributed by atoms with Gasteiger partial charge < -0.3 is 13.9 Å². The number of carbonyl (C=O) groups excluding carboxylic acids is 2. The Labute approximate surface area is 150 Å². The van der Waals surface area contributed by atoms with Crippen LogP contribution in [0.4, 0.5) is 0 Å². The second-order valence-electron chi connectivity index (χ2n) is 5.96. The van der Waals surface area contributed by atoms with E-state index >= 15 is 0 Å². The third-order valence-electron chi connectivity index (χ3n) is 4.26. The van der Waals surface area contributed by atoms with Gasteiger partial charge in [-0.1, -0.05) is 18.2 Å². The van der Waals surface area contributed by atoms with Crippen molar-refractivity contribution in [2.75, 3.05) is 7.11 Å². The molecular formula is C20H19NO5. The SMILES string of the molecule is COC(=O)c1cc(COC(=O)c2c(C)nc3ccccc3c2C)oc1C. The van der Waals surface area contributed by atoms with Crippen LogP contribution in [0.3, 0.4) is 0 Å². The summed E-state index contributed by atoms with van der Waals surface area (Å²) in [7, 11) is 1.30. The lowest BCUT2D eigenvalue weighted by Gasteiger charge is -2.11. The van der Waals surface area contributed by atoms with Crippen LogP contribution in [-0.4, -0.2) is 24.0 Å². The number of para-hydroxylation sites is 1. The fraction of sp³-hybridized carbons (Fsp3) is 0.250. The van der Waals surface area contributed by atoms with Gasteiger partial charge in [-0.2, -0.15) is 0 Å². The molecule has 0 saturated heterocycles. The van der Waals surface area contributed by atoms with Crippen molar-refractivity contribution in [3.05, 3.63) is 64.2 Å². The zero-order valence-corrected chi connectivity index (χ0v) is 15.1. The average molecular weight is 353 g/mol. The van der Waals surface area contributed by atoms with Crippen LogP contribution in [0.1, 0.15) is 43.5 Å². The molecule has 0 amide bonds. The van der Waals surface area contributed by atoms with Crippen molar-refractivity contribution >= 4 is 22.8 Å². The summed E-state index contributed by atoms with van der Waals surface area (Å²) in [5.74, 6) is -0.177. The summed E-state index contributed by atoms with van der Waals surface area (Å²) in [6, 6.07) is 9.16. The molecule has 0 saturated carbocycles. The Morgan fingerprint density at radius 3 is 2.58 bits per heavy atom. The van der Waals surface area contributed by atoms with Gasteiger partial charge in [0, 0.05) is 5.39 Å². The molecule has 6 nitrogen and oxygen atoms in total. The van der Waals surface area contributed by atoms with Crippen LogP contribution in [0, 0.1) is 20.8 Å². The van der Waals surface area contributed by atoms with E-state index in [4.69, 9.17) is 9.15 Å². The number of aromatic nitrogens is 1. The van der Waals surface area contributed by atoms with Crippen molar-refractivity contribution in [1.82, 2.24) is 4.98 Å². The first-order valence-corrected chi connectivity index (χ1v) is 8.13. The molecule has 0 spiro atoms. The van der Waals surface area contributed by atoms with E-state index in [-0.39, 0.29) is 6.61 Å². The van der Waals surface area contributed by atoms with E-state index in [1.54, 1.807) is 13.8 Å². The second kappa shape index (κ2) is 7.00. The molecule has 0 bridgehead atoms. The van der Waals surface area contributed by atoms with Crippen molar-refractivity contribution in [1.29, 1.82) is 0 Å². The molecule has 2 heterocycles. The molecule has 3 aromatic rings. The van der Waals surface area contributed by atoms with Crippen molar-refractivity contribution in [3.8, 4) is 0 Å². The smallest absolute Gasteiger partial charge is 0.341 e. The summed E-state index contributed by atoms with van der Waals surface area (Å²) in [6.45, 7) is 5.23. The third-order valence-corrected chi connectivity index (χ3v) is 4.26. The second-order valence-corrected chi connectivity index (χ2v) is 5.96. The highest BCUT2D eigenvalue weighted by Crippen LogP contribution is 2.24. The maximum absolute atomic E-state index is 12.6. The van der Waals surface area contributed by atoms with Crippen LogP contribution in [0.5, 0.6) is 0 Å². The molecule has 6 heteroatoms. The van der Waals surface area contributed by atoms with Crippen molar-refractivity contribution < 1.29 is 23.5 Å². The molecule has 0 radical (unpaired) electrons. The summed E-state index contributed by atoms with van der Waals surface area (Å²) in [5.41, 5.74) is 3.03. The molecule has 0 aliphatic heterocycles. The molecule has 0 unspecified atom stereocenters. The zero-order chi connectivity index (χ0) is 18.8. The van der Waals surface area contributed by atoms with Crippen LogP contribution in [0.15, 0.2) is 34.7 Å². The predicted octanol–water partition coefficient (Wildman–Crippen LogP) is 3.90. The number of furan rings is 1. The standard InChI is InChI=1S/C20H19NO5/c1-11-15-7-5-6-8-17(15)21-12(2)18(11)20(23)25-10-14-9-16(13(3)26-14)19(22)24-4/h5-9H,10H2,1-4H3. The number of rotatable bonds is 4. The first kappa shape index (κ1) is 17.7. The fourth-order valence-corrected chi connectivity index (χ4v) is 2.97. The van der Waals surface area contributed by atoms with Gasteiger partial charge in [0.15, 0.2) is 0 Å². The highest BCUT2D eigenvalue weighted by Gasteiger charge is 2.20. The van der Waals surface area contributed by atoms with Crippen molar-refractivity contribution in [2.45, 2.75) is 27.4 Å². The Morgan fingerprint density at radius 1 is 1.12 bits per heavy atom. The molecule has 26 heavy (non-hydrogen) atoms. The zero-order valence-electron chi connectivity index (χ0n) is 15.1. The third kappa shape index (κ3) is 3.18. The minimum Gasteiger partial charge on any atom is -0.465 e. The summed E-state index contributed by atoms with van der Waals surface area (Å²) >= 11 is 0. The van der Waals surface area contributed by atoms with E-state index in [0.29, 0.717) is 28.3 Å². The molecule has 0 aliphatic rings. The number of pyridine rings is 1. The topological polar surface area (TPSA) is 78.6 Å². The van der Waals surface area contributed by atoms with Gasteiger partial charge in [0.25, 0.3) is 0 Å². The van der Waals surface area contributed by atoms with Gasteiger partial charge in [-0.05, 0) is 38.5 Å². The van der Waals surface area contributed by atoms with Crippen LogP contribution < -0.4 is 0 Å².